The van der Waals surface area contributed by atoms with Crippen LogP contribution < -0.4 is 10.0 Å². The van der Waals surface area contributed by atoms with Gasteiger partial charge < -0.3 is 10.4 Å². The first-order chi connectivity index (χ1) is 16.3. The van der Waals surface area contributed by atoms with Crippen molar-refractivity contribution in [2.75, 3.05) is 12.0 Å². The number of carboxylic acids is 1. The molecule has 2 aromatic carbocycles. The predicted molar refractivity (Wildman–Crippen MR) is 140 cm³/mol. The summed E-state index contributed by atoms with van der Waals surface area (Å²) in [6.45, 7) is 0.200. The van der Waals surface area contributed by atoms with Crippen LogP contribution in [0.1, 0.15) is 21.7 Å². The monoisotopic (exact) mass is 536 g/mol. The van der Waals surface area contributed by atoms with Crippen LogP contribution in [0.2, 0.25) is 0 Å². The second-order valence-corrected chi connectivity index (χ2v) is 12.8. The Labute approximate surface area is 210 Å². The number of amides is 1. The molecule has 11 heteroatoms. The van der Waals surface area contributed by atoms with Gasteiger partial charge in [-0.05, 0) is 59.2 Å². The van der Waals surface area contributed by atoms with Crippen molar-refractivity contribution in [3.63, 3.8) is 0 Å². The standard InChI is InChI=1S/C23H24N2O5S4/c1-31-13-11-21(23(27)28)25-22(26)19-10-9-17(14-20(19)16-6-3-2-4-7-16)33-34(29,30)24-15-18-8-5-12-32-18/h2-10,12,14,21,24H,11,13,15H2,1H3,(H,25,26)(H,27,28). The third-order valence-electron chi connectivity index (χ3n) is 4.74. The molecule has 3 rings (SSSR count). The second kappa shape index (κ2) is 12.4. The summed E-state index contributed by atoms with van der Waals surface area (Å²) >= 11 is 2.96. The van der Waals surface area contributed by atoms with Crippen LogP contribution in [0.3, 0.4) is 0 Å². The number of hydrogen-bond donors (Lipinski definition) is 3. The SMILES string of the molecule is CSCCC(NC(=O)c1ccc(SS(=O)(=O)NCc2cccs2)cc1-c1ccccc1)C(=O)O. The Morgan fingerprint density at radius 1 is 1.09 bits per heavy atom. The fraction of sp³-hybridized carbons (Fsp3) is 0.217. The van der Waals surface area contributed by atoms with Crippen LogP contribution in [-0.2, 0) is 20.4 Å². The zero-order chi connectivity index (χ0) is 24.6. The molecule has 1 heterocycles. The van der Waals surface area contributed by atoms with Crippen molar-refractivity contribution < 1.29 is 23.1 Å². The largest absolute Gasteiger partial charge is 0.480 e. The third-order valence-corrected chi connectivity index (χ3v) is 9.02. The molecule has 0 spiro atoms. The Hall–Kier alpha value is -2.31. The number of nitrogens with one attached hydrogen (secondary N) is 2. The Bertz CT molecular complexity index is 1220. The summed E-state index contributed by atoms with van der Waals surface area (Å²) in [6, 6.07) is 16.5. The van der Waals surface area contributed by atoms with E-state index in [9.17, 15) is 23.1 Å². The highest BCUT2D eigenvalue weighted by Gasteiger charge is 2.23. The second-order valence-electron chi connectivity index (χ2n) is 7.16. The maximum atomic E-state index is 13.0. The molecular weight excluding hydrogens is 513 g/mol. The number of rotatable bonds is 12. The van der Waals surface area contributed by atoms with Gasteiger partial charge in [0.25, 0.3) is 15.0 Å². The summed E-state index contributed by atoms with van der Waals surface area (Å²) in [4.78, 5) is 25.9. The zero-order valence-corrected chi connectivity index (χ0v) is 21.5. The van der Waals surface area contributed by atoms with Crippen LogP contribution in [0.15, 0.2) is 70.9 Å². The smallest absolute Gasteiger partial charge is 0.326 e. The molecule has 0 aliphatic rings. The van der Waals surface area contributed by atoms with Crippen molar-refractivity contribution in [1.29, 1.82) is 0 Å². The summed E-state index contributed by atoms with van der Waals surface area (Å²) in [5, 5.41) is 13.9. The molecule has 0 bridgehead atoms. The van der Waals surface area contributed by atoms with Gasteiger partial charge in [0.2, 0.25) is 0 Å². The van der Waals surface area contributed by atoms with Gasteiger partial charge in [-0.3, -0.25) is 4.79 Å². The third kappa shape index (κ3) is 7.60. The van der Waals surface area contributed by atoms with Crippen molar-refractivity contribution in [3.8, 4) is 11.1 Å². The predicted octanol–water partition coefficient (Wildman–Crippen LogP) is 4.48. The first kappa shape index (κ1) is 26.3. The normalized spacial score (nSPS) is 12.3. The van der Waals surface area contributed by atoms with Gasteiger partial charge in [-0.1, -0.05) is 36.4 Å². The fourth-order valence-corrected chi connectivity index (χ4v) is 6.65. The van der Waals surface area contributed by atoms with Gasteiger partial charge in [0.05, 0.1) is 0 Å². The molecule has 0 saturated heterocycles. The van der Waals surface area contributed by atoms with E-state index in [-0.39, 0.29) is 12.1 Å². The zero-order valence-electron chi connectivity index (χ0n) is 18.3. The van der Waals surface area contributed by atoms with Crippen LogP contribution in [0.4, 0.5) is 0 Å². The maximum absolute atomic E-state index is 13.0. The molecule has 1 amide bonds. The van der Waals surface area contributed by atoms with E-state index in [1.807, 2.05) is 54.1 Å². The summed E-state index contributed by atoms with van der Waals surface area (Å²) in [5.41, 5.74) is 1.51. The molecule has 1 unspecified atom stereocenters. The van der Waals surface area contributed by atoms with E-state index in [1.165, 1.54) is 29.2 Å². The van der Waals surface area contributed by atoms with E-state index >= 15 is 0 Å². The number of thiophene rings is 1. The van der Waals surface area contributed by atoms with Gasteiger partial charge in [0.1, 0.15) is 6.04 Å². The van der Waals surface area contributed by atoms with E-state index in [4.69, 9.17) is 0 Å². The molecule has 34 heavy (non-hydrogen) atoms. The minimum Gasteiger partial charge on any atom is -0.480 e. The lowest BCUT2D eigenvalue weighted by molar-refractivity contribution is -0.139. The lowest BCUT2D eigenvalue weighted by atomic mass is 9.99. The highest BCUT2D eigenvalue weighted by Crippen LogP contribution is 2.32. The average Bonchev–Trinajstić information content (AvgIpc) is 3.34. The number of carboxylic acid groups (broad SMARTS) is 1. The highest BCUT2D eigenvalue weighted by molar-refractivity contribution is 8.71. The molecule has 0 aliphatic carbocycles. The molecular formula is C23H24N2O5S4. The number of benzene rings is 2. The molecule has 0 fully saturated rings. The molecule has 1 atom stereocenters. The Balaban J connectivity index is 1.86. The van der Waals surface area contributed by atoms with Crippen LogP contribution in [-0.4, -0.2) is 43.5 Å². The molecule has 0 aliphatic heterocycles. The van der Waals surface area contributed by atoms with E-state index in [1.54, 1.807) is 12.1 Å². The van der Waals surface area contributed by atoms with Crippen molar-refractivity contribution in [1.82, 2.24) is 10.0 Å². The Morgan fingerprint density at radius 3 is 2.50 bits per heavy atom. The fourth-order valence-electron chi connectivity index (χ4n) is 3.09. The molecule has 3 aromatic rings. The lowest BCUT2D eigenvalue weighted by Crippen LogP contribution is -2.41. The number of carbonyl (C=O) groups excluding carboxylic acids is 1. The van der Waals surface area contributed by atoms with E-state index < -0.39 is 27.0 Å². The van der Waals surface area contributed by atoms with E-state index in [2.05, 4.69) is 10.0 Å². The number of thioether (sulfide) groups is 1. The topological polar surface area (TPSA) is 113 Å². The number of carbonyl (C=O) groups is 2. The quantitative estimate of drug-likeness (QED) is 0.293. The summed E-state index contributed by atoms with van der Waals surface area (Å²) < 4.78 is 27.7. The van der Waals surface area contributed by atoms with Crippen LogP contribution in [0, 0.1) is 0 Å². The Kier molecular flexibility index (Phi) is 9.60. The van der Waals surface area contributed by atoms with Crippen molar-refractivity contribution in [3.05, 3.63) is 76.5 Å². The van der Waals surface area contributed by atoms with Crippen LogP contribution >= 0.6 is 33.9 Å². The van der Waals surface area contributed by atoms with Crippen LogP contribution in [0.5, 0.6) is 0 Å². The molecule has 7 nitrogen and oxygen atoms in total. The maximum Gasteiger partial charge on any atom is 0.326 e. The summed E-state index contributed by atoms with van der Waals surface area (Å²) in [7, 11) is -3.03. The van der Waals surface area contributed by atoms with Gasteiger partial charge in [-0.25, -0.2) is 17.9 Å². The lowest BCUT2D eigenvalue weighted by Gasteiger charge is -2.17. The summed E-state index contributed by atoms with van der Waals surface area (Å²) in [6.07, 6.45) is 2.17. The van der Waals surface area contributed by atoms with E-state index in [0.29, 0.717) is 33.4 Å². The van der Waals surface area contributed by atoms with Crippen molar-refractivity contribution in [2.45, 2.75) is 23.9 Å². The first-order valence-electron chi connectivity index (χ1n) is 10.2. The average molecular weight is 537 g/mol. The molecule has 1 aromatic heterocycles. The summed E-state index contributed by atoms with van der Waals surface area (Å²) in [5.74, 6) is -1.03. The minimum atomic E-state index is -3.69. The molecule has 0 saturated carbocycles. The van der Waals surface area contributed by atoms with Gasteiger partial charge in [0, 0.05) is 32.7 Å². The molecule has 0 radical (unpaired) electrons. The number of hydrogen-bond acceptors (Lipinski definition) is 7. The van der Waals surface area contributed by atoms with Gasteiger partial charge in [0.15, 0.2) is 0 Å². The van der Waals surface area contributed by atoms with Gasteiger partial charge >= 0.3 is 5.97 Å². The highest BCUT2D eigenvalue weighted by atomic mass is 33.1. The minimum absolute atomic E-state index is 0.200. The molecule has 3 N–H and O–H groups in total. The van der Waals surface area contributed by atoms with Crippen molar-refractivity contribution in [2.24, 2.45) is 0 Å². The number of aliphatic carboxylic acids is 1. The van der Waals surface area contributed by atoms with E-state index in [0.717, 1.165) is 10.4 Å². The van der Waals surface area contributed by atoms with Gasteiger partial charge in [-0.15, -0.1) is 11.3 Å². The Morgan fingerprint density at radius 2 is 1.85 bits per heavy atom. The van der Waals surface area contributed by atoms with Crippen LogP contribution in [0.25, 0.3) is 11.1 Å². The first-order valence-corrected chi connectivity index (χ1v) is 15.3. The van der Waals surface area contributed by atoms with Crippen molar-refractivity contribution >= 4 is 54.8 Å². The molecule has 180 valence electrons. The van der Waals surface area contributed by atoms with Gasteiger partial charge in [-0.2, -0.15) is 11.8 Å².